The minimum absolute atomic E-state index is 0.145. The minimum atomic E-state index is -4.47. The first kappa shape index (κ1) is 13.8. The fraction of sp³-hybridized carbons (Fsp3) is 0.0714. The van der Waals surface area contributed by atoms with E-state index in [2.05, 4.69) is 15.2 Å². The number of fused-ring (bicyclic) bond motifs is 1. The summed E-state index contributed by atoms with van der Waals surface area (Å²) in [6.07, 6.45) is -1.78. The molecule has 2 heterocycles. The fourth-order valence-corrected chi connectivity index (χ4v) is 2.24. The second-order valence-electron chi connectivity index (χ2n) is 4.32. The first-order valence-corrected chi connectivity index (χ1v) is 6.28. The summed E-state index contributed by atoms with van der Waals surface area (Å²) >= 11 is 5.96. The monoisotopic (exact) mass is 309 g/mol. The van der Waals surface area contributed by atoms with E-state index in [1.54, 1.807) is 6.07 Å². The summed E-state index contributed by atoms with van der Waals surface area (Å²) in [6, 6.07) is 6.88. The average molecular weight is 310 g/mol. The summed E-state index contributed by atoms with van der Waals surface area (Å²) in [5.41, 5.74) is -0.209. The van der Waals surface area contributed by atoms with Crippen LogP contribution in [0.15, 0.2) is 42.7 Å². The summed E-state index contributed by atoms with van der Waals surface area (Å²) in [5, 5.41) is 8.59. The summed E-state index contributed by atoms with van der Waals surface area (Å²) in [7, 11) is 0. The van der Waals surface area contributed by atoms with Gasteiger partial charge in [0.15, 0.2) is 0 Å². The highest BCUT2D eigenvalue weighted by Gasteiger charge is 2.34. The Balaban J connectivity index is 2.22. The molecule has 1 aromatic carbocycles. The lowest BCUT2D eigenvalue weighted by Crippen LogP contribution is -2.08. The molecule has 3 aromatic rings. The molecule has 0 aliphatic heterocycles. The van der Waals surface area contributed by atoms with Gasteiger partial charge in [-0.3, -0.25) is 4.98 Å². The van der Waals surface area contributed by atoms with Crippen LogP contribution in [0.2, 0.25) is 5.02 Å². The zero-order chi connectivity index (χ0) is 15.0. The summed E-state index contributed by atoms with van der Waals surface area (Å²) in [4.78, 5) is 3.84. The lowest BCUT2D eigenvalue weighted by atomic mass is 10.0. The number of alkyl halides is 3. The molecule has 2 aromatic heterocycles. The zero-order valence-corrected chi connectivity index (χ0v) is 11.2. The maximum atomic E-state index is 13.0. The Labute approximate surface area is 122 Å². The van der Waals surface area contributed by atoms with Gasteiger partial charge >= 0.3 is 6.18 Å². The molecule has 3 rings (SSSR count). The van der Waals surface area contributed by atoms with Crippen molar-refractivity contribution in [3.63, 3.8) is 0 Å². The molecule has 0 saturated heterocycles. The first-order chi connectivity index (χ1) is 9.97. The summed E-state index contributed by atoms with van der Waals surface area (Å²) in [6.45, 7) is 0. The largest absolute Gasteiger partial charge is 0.418 e. The standard InChI is InChI=1S/C14H7ClF3N3/c15-11-7-20-21-12-6-8(3-4-9(11)12)13-10(14(16,17)18)2-1-5-19-13/h1-7H. The molecule has 3 nitrogen and oxygen atoms in total. The van der Waals surface area contributed by atoms with Crippen LogP contribution < -0.4 is 0 Å². The number of hydrogen-bond donors (Lipinski definition) is 0. The van der Waals surface area contributed by atoms with E-state index in [1.165, 1.54) is 30.6 Å². The Morgan fingerprint density at radius 2 is 1.90 bits per heavy atom. The number of benzene rings is 1. The molecule has 21 heavy (non-hydrogen) atoms. The van der Waals surface area contributed by atoms with Crippen LogP contribution in [0.25, 0.3) is 22.2 Å². The van der Waals surface area contributed by atoms with Gasteiger partial charge in [0.05, 0.1) is 28.0 Å². The van der Waals surface area contributed by atoms with Crippen LogP contribution in [0, 0.1) is 0 Å². The van der Waals surface area contributed by atoms with E-state index in [-0.39, 0.29) is 5.69 Å². The number of rotatable bonds is 1. The van der Waals surface area contributed by atoms with Gasteiger partial charge in [-0.2, -0.15) is 23.4 Å². The van der Waals surface area contributed by atoms with Gasteiger partial charge in [-0.15, -0.1) is 0 Å². The topological polar surface area (TPSA) is 38.7 Å². The summed E-state index contributed by atoms with van der Waals surface area (Å²) < 4.78 is 39.1. The maximum Gasteiger partial charge on any atom is 0.418 e. The zero-order valence-electron chi connectivity index (χ0n) is 10.4. The van der Waals surface area contributed by atoms with Crippen molar-refractivity contribution < 1.29 is 13.2 Å². The lowest BCUT2D eigenvalue weighted by molar-refractivity contribution is -0.137. The van der Waals surface area contributed by atoms with Crippen LogP contribution in [0.3, 0.4) is 0 Å². The fourth-order valence-electron chi connectivity index (χ4n) is 2.04. The molecule has 0 bridgehead atoms. The average Bonchev–Trinajstić information content (AvgIpc) is 2.46. The summed E-state index contributed by atoms with van der Waals surface area (Å²) in [5.74, 6) is 0. The Morgan fingerprint density at radius 1 is 1.10 bits per heavy atom. The Kier molecular flexibility index (Phi) is 3.25. The Bertz CT molecular complexity index is 818. The molecule has 0 saturated carbocycles. The van der Waals surface area contributed by atoms with Crippen molar-refractivity contribution in [3.05, 3.63) is 53.3 Å². The third kappa shape index (κ3) is 2.54. The van der Waals surface area contributed by atoms with Gasteiger partial charge in [0.25, 0.3) is 0 Å². The van der Waals surface area contributed by atoms with Crippen molar-refractivity contribution in [1.29, 1.82) is 0 Å². The smallest absolute Gasteiger partial charge is 0.256 e. The molecule has 0 radical (unpaired) electrons. The second kappa shape index (κ2) is 4.96. The number of pyridine rings is 1. The van der Waals surface area contributed by atoms with Gasteiger partial charge < -0.3 is 0 Å². The highest BCUT2D eigenvalue weighted by Crippen LogP contribution is 2.36. The van der Waals surface area contributed by atoms with Crippen LogP contribution in [-0.4, -0.2) is 15.2 Å². The minimum Gasteiger partial charge on any atom is -0.256 e. The molecule has 0 atom stereocenters. The molecule has 0 spiro atoms. The van der Waals surface area contributed by atoms with Gasteiger partial charge in [-0.25, -0.2) is 0 Å². The van der Waals surface area contributed by atoms with Crippen LogP contribution in [0.4, 0.5) is 13.2 Å². The van der Waals surface area contributed by atoms with Gasteiger partial charge in [-0.05, 0) is 18.2 Å². The van der Waals surface area contributed by atoms with Gasteiger partial charge in [0.1, 0.15) is 0 Å². The highest BCUT2D eigenvalue weighted by atomic mass is 35.5. The second-order valence-corrected chi connectivity index (χ2v) is 4.73. The molecule has 0 aliphatic carbocycles. The Morgan fingerprint density at radius 3 is 2.67 bits per heavy atom. The first-order valence-electron chi connectivity index (χ1n) is 5.90. The quantitative estimate of drug-likeness (QED) is 0.670. The van der Waals surface area contributed by atoms with Crippen LogP contribution >= 0.6 is 11.6 Å². The van der Waals surface area contributed by atoms with E-state index in [4.69, 9.17) is 11.6 Å². The van der Waals surface area contributed by atoms with Crippen LogP contribution in [0.5, 0.6) is 0 Å². The van der Waals surface area contributed by atoms with E-state index in [0.717, 1.165) is 6.07 Å². The Hall–Kier alpha value is -2.21. The van der Waals surface area contributed by atoms with E-state index in [9.17, 15) is 13.2 Å². The third-order valence-corrected chi connectivity index (χ3v) is 3.28. The predicted molar refractivity (Wildman–Crippen MR) is 72.8 cm³/mol. The highest BCUT2D eigenvalue weighted by molar-refractivity contribution is 6.35. The normalized spacial score (nSPS) is 11.8. The van der Waals surface area contributed by atoms with Crippen LogP contribution in [0.1, 0.15) is 5.56 Å². The molecule has 0 unspecified atom stereocenters. The molecule has 0 fully saturated rings. The lowest BCUT2D eigenvalue weighted by Gasteiger charge is -2.12. The van der Waals surface area contributed by atoms with E-state index in [1.807, 2.05) is 0 Å². The molecular formula is C14H7ClF3N3. The number of aromatic nitrogens is 3. The van der Waals surface area contributed by atoms with Crippen LogP contribution in [-0.2, 0) is 6.18 Å². The molecule has 0 N–H and O–H groups in total. The van der Waals surface area contributed by atoms with Gasteiger partial charge in [0.2, 0.25) is 0 Å². The van der Waals surface area contributed by atoms with Crippen molar-refractivity contribution in [2.75, 3.05) is 0 Å². The SMILES string of the molecule is FC(F)(F)c1cccnc1-c1ccc2c(Cl)cnnc2c1. The van der Waals surface area contributed by atoms with E-state index < -0.39 is 11.7 Å². The van der Waals surface area contributed by atoms with E-state index >= 15 is 0 Å². The van der Waals surface area contributed by atoms with Crippen molar-refractivity contribution in [3.8, 4) is 11.3 Å². The van der Waals surface area contributed by atoms with Gasteiger partial charge in [-0.1, -0.05) is 23.7 Å². The van der Waals surface area contributed by atoms with Crippen molar-refractivity contribution in [2.24, 2.45) is 0 Å². The van der Waals surface area contributed by atoms with Crippen molar-refractivity contribution in [1.82, 2.24) is 15.2 Å². The predicted octanol–water partition coefficient (Wildman–Crippen LogP) is 4.36. The molecule has 106 valence electrons. The molecule has 7 heteroatoms. The number of halogens is 4. The molecular weight excluding hydrogens is 303 g/mol. The molecule has 0 amide bonds. The van der Waals surface area contributed by atoms with Crippen molar-refractivity contribution in [2.45, 2.75) is 6.18 Å². The van der Waals surface area contributed by atoms with E-state index in [0.29, 0.717) is 21.5 Å². The number of hydrogen-bond acceptors (Lipinski definition) is 3. The van der Waals surface area contributed by atoms with Crippen molar-refractivity contribution >= 4 is 22.5 Å². The number of nitrogens with zero attached hydrogens (tertiary/aromatic N) is 3. The van der Waals surface area contributed by atoms with Gasteiger partial charge in [0, 0.05) is 17.1 Å². The third-order valence-electron chi connectivity index (χ3n) is 2.98. The maximum absolute atomic E-state index is 13.0. The molecule has 0 aliphatic rings.